The number of likely N-dealkylation sites (N-methyl/N-ethyl adjacent to an activating group) is 1. The number of nitrogens with zero attached hydrogens (tertiary/aromatic N) is 4. The molecule has 0 bridgehead atoms. The number of allylic oxidation sites excluding steroid dienone is 1. The van der Waals surface area contributed by atoms with Crippen molar-refractivity contribution in [2.24, 2.45) is 5.41 Å². The molecule has 1 spiro atoms. The standard InChI is InChI=1S/C44H51F2N5O4/c1-5-33-36(46)12-10-29-19-32(52)21-35(39(29)33)28-9-11-34-37(20-28)48-41(49-40(34)47-26-44(13-7-8-14-44)50(4)38(53)6-2)55-27-42(3)22-30(45)25-51(42)31-23-43(24-31)15-17-54-18-16-43/h1,6,10,12,19-21,30-31,52H,2,7-9,11,13-18,22-27H2,3-4H3,(H,47,48,49)/t30-,42+/m1/s1. The Morgan fingerprint density at radius 1 is 1.18 bits per heavy atom. The number of halogens is 2. The Balaban J connectivity index is 1.13. The number of terminal acetylenes is 1. The van der Waals surface area contributed by atoms with Crippen LogP contribution in [-0.4, -0.2) is 94.0 Å². The molecular weight excluding hydrogens is 701 g/mol. The first-order chi connectivity index (χ1) is 26.5. The van der Waals surface area contributed by atoms with Crippen molar-refractivity contribution in [3.63, 3.8) is 0 Å². The summed E-state index contributed by atoms with van der Waals surface area (Å²) in [5.41, 5.74) is 2.51. The molecule has 1 amide bonds. The number of alkyl halides is 1. The lowest BCUT2D eigenvalue weighted by Crippen LogP contribution is -2.59. The molecule has 0 unspecified atom stereocenters. The van der Waals surface area contributed by atoms with E-state index in [0.717, 1.165) is 75.7 Å². The molecule has 9 nitrogen and oxygen atoms in total. The largest absolute Gasteiger partial charge is 0.508 e. The summed E-state index contributed by atoms with van der Waals surface area (Å²) in [7, 11) is 1.83. The van der Waals surface area contributed by atoms with Crippen LogP contribution in [0.4, 0.5) is 14.6 Å². The fourth-order valence-corrected chi connectivity index (χ4v) is 10.3. The van der Waals surface area contributed by atoms with Crippen LogP contribution in [0.25, 0.3) is 22.4 Å². The number of rotatable bonds is 10. The first-order valence-corrected chi connectivity index (χ1v) is 19.7. The Morgan fingerprint density at radius 2 is 1.95 bits per heavy atom. The Morgan fingerprint density at radius 3 is 2.67 bits per heavy atom. The highest BCUT2D eigenvalue weighted by Crippen LogP contribution is 2.53. The van der Waals surface area contributed by atoms with Crippen LogP contribution < -0.4 is 10.1 Å². The van der Waals surface area contributed by atoms with Crippen molar-refractivity contribution in [3.05, 3.63) is 65.1 Å². The van der Waals surface area contributed by atoms with Gasteiger partial charge in [0.2, 0.25) is 5.91 Å². The van der Waals surface area contributed by atoms with Crippen molar-refractivity contribution < 1.29 is 28.2 Å². The van der Waals surface area contributed by atoms with E-state index in [4.69, 9.17) is 25.9 Å². The number of carbonyl (C=O) groups is 1. The second kappa shape index (κ2) is 14.5. The number of likely N-dealkylation sites (tertiary alicyclic amines) is 1. The molecule has 2 atom stereocenters. The molecule has 5 aliphatic rings. The van der Waals surface area contributed by atoms with E-state index in [9.17, 15) is 9.90 Å². The van der Waals surface area contributed by atoms with Crippen LogP contribution in [0.3, 0.4) is 0 Å². The number of benzene rings is 2. The van der Waals surface area contributed by atoms with Crippen LogP contribution in [0.5, 0.6) is 11.8 Å². The minimum Gasteiger partial charge on any atom is -0.508 e. The Hall–Kier alpha value is -4.53. The first-order valence-electron chi connectivity index (χ1n) is 19.7. The minimum absolute atomic E-state index is 0.0487. The minimum atomic E-state index is -0.945. The Bertz CT molecular complexity index is 2080. The van der Waals surface area contributed by atoms with Crippen LogP contribution in [0.1, 0.15) is 93.5 Å². The highest BCUT2D eigenvalue weighted by Gasteiger charge is 2.54. The van der Waals surface area contributed by atoms with Crippen molar-refractivity contribution in [3.8, 4) is 24.1 Å². The van der Waals surface area contributed by atoms with Gasteiger partial charge in [-0.25, -0.2) is 8.78 Å². The number of hydrogen-bond donors (Lipinski definition) is 2. The van der Waals surface area contributed by atoms with E-state index in [2.05, 4.69) is 29.6 Å². The van der Waals surface area contributed by atoms with E-state index in [1.165, 1.54) is 12.1 Å². The number of aromatic hydroxyl groups is 1. The van der Waals surface area contributed by atoms with E-state index >= 15 is 8.78 Å². The molecule has 290 valence electrons. The molecule has 2 aromatic carbocycles. The van der Waals surface area contributed by atoms with Crippen LogP contribution in [0.2, 0.25) is 0 Å². The van der Waals surface area contributed by atoms with Gasteiger partial charge in [0, 0.05) is 56.8 Å². The van der Waals surface area contributed by atoms with Gasteiger partial charge in [-0.15, -0.1) is 6.42 Å². The zero-order chi connectivity index (χ0) is 38.5. The van der Waals surface area contributed by atoms with Crippen LogP contribution in [0, 0.1) is 23.6 Å². The molecule has 2 aliphatic heterocycles. The number of ether oxygens (including phenoxy) is 2. The lowest BCUT2D eigenvalue weighted by molar-refractivity contribution is -0.129. The van der Waals surface area contributed by atoms with Gasteiger partial charge < -0.3 is 24.8 Å². The lowest BCUT2D eigenvalue weighted by Gasteiger charge is -2.55. The fourth-order valence-electron chi connectivity index (χ4n) is 10.3. The van der Waals surface area contributed by atoms with Crippen molar-refractivity contribution in [2.45, 2.75) is 101 Å². The monoisotopic (exact) mass is 751 g/mol. The summed E-state index contributed by atoms with van der Waals surface area (Å²) in [6.45, 7) is 8.49. The molecule has 3 heterocycles. The summed E-state index contributed by atoms with van der Waals surface area (Å²) in [5, 5.41) is 15.5. The molecule has 8 rings (SSSR count). The molecule has 2 saturated carbocycles. The summed E-state index contributed by atoms with van der Waals surface area (Å²) in [6, 6.07) is 6.62. The molecule has 2 saturated heterocycles. The topological polar surface area (TPSA) is 100 Å². The molecule has 0 radical (unpaired) electrons. The van der Waals surface area contributed by atoms with Crippen LogP contribution in [0.15, 0.2) is 36.9 Å². The fraction of sp³-hybridized carbons (Fsp3) is 0.523. The summed E-state index contributed by atoms with van der Waals surface area (Å²) in [6.07, 6.45) is 17.6. The van der Waals surface area contributed by atoms with E-state index in [-0.39, 0.29) is 29.8 Å². The van der Waals surface area contributed by atoms with Gasteiger partial charge in [-0.3, -0.25) is 9.69 Å². The average molecular weight is 752 g/mol. The molecule has 2 N–H and O–H groups in total. The van der Waals surface area contributed by atoms with Crippen molar-refractivity contribution >= 4 is 34.1 Å². The number of aromatic nitrogens is 2. The van der Waals surface area contributed by atoms with Gasteiger partial charge in [0.15, 0.2) is 0 Å². The number of phenols is 1. The van der Waals surface area contributed by atoms with Crippen LogP contribution in [-0.2, 0) is 16.0 Å². The van der Waals surface area contributed by atoms with E-state index in [1.54, 1.807) is 23.1 Å². The third kappa shape index (κ3) is 6.86. The van der Waals surface area contributed by atoms with Gasteiger partial charge in [0.05, 0.1) is 22.3 Å². The summed E-state index contributed by atoms with van der Waals surface area (Å²) < 4.78 is 42.4. The van der Waals surface area contributed by atoms with E-state index < -0.39 is 23.1 Å². The molecule has 4 fully saturated rings. The second-order valence-corrected chi connectivity index (χ2v) is 16.8. The number of phenolic OH excluding ortho intramolecular Hbond substituents is 1. The highest BCUT2D eigenvalue weighted by molar-refractivity contribution is 6.02. The summed E-state index contributed by atoms with van der Waals surface area (Å²) in [4.78, 5) is 26.8. The second-order valence-electron chi connectivity index (χ2n) is 16.8. The normalized spacial score (nSPS) is 24.5. The molecular formula is C44H51F2N5O4. The number of fused-ring (bicyclic) bond motifs is 2. The Kier molecular flexibility index (Phi) is 9.87. The predicted octanol–water partition coefficient (Wildman–Crippen LogP) is 7.45. The molecule has 55 heavy (non-hydrogen) atoms. The van der Waals surface area contributed by atoms with E-state index in [1.807, 2.05) is 13.1 Å². The molecule has 11 heteroatoms. The lowest BCUT2D eigenvalue weighted by atomic mass is 9.60. The van der Waals surface area contributed by atoms with Gasteiger partial charge in [0.1, 0.15) is 30.2 Å². The third-order valence-electron chi connectivity index (χ3n) is 13.4. The van der Waals surface area contributed by atoms with Gasteiger partial charge in [0.25, 0.3) is 0 Å². The number of amides is 1. The maximum atomic E-state index is 15.2. The summed E-state index contributed by atoms with van der Waals surface area (Å²) in [5.74, 6) is 2.56. The van der Waals surface area contributed by atoms with Crippen molar-refractivity contribution in [1.29, 1.82) is 0 Å². The predicted molar refractivity (Wildman–Crippen MR) is 210 cm³/mol. The van der Waals surface area contributed by atoms with Crippen molar-refractivity contribution in [2.75, 3.05) is 45.3 Å². The number of anilines is 1. The van der Waals surface area contributed by atoms with Gasteiger partial charge >= 0.3 is 6.01 Å². The van der Waals surface area contributed by atoms with Gasteiger partial charge in [-0.2, -0.15) is 9.97 Å². The smallest absolute Gasteiger partial charge is 0.318 e. The zero-order valence-electron chi connectivity index (χ0n) is 31.9. The first kappa shape index (κ1) is 37.4. The molecule has 3 aromatic rings. The van der Waals surface area contributed by atoms with E-state index in [0.29, 0.717) is 71.7 Å². The molecule has 3 aliphatic carbocycles. The highest BCUT2D eigenvalue weighted by atomic mass is 19.1. The third-order valence-corrected chi connectivity index (χ3v) is 13.4. The quantitative estimate of drug-likeness (QED) is 0.163. The average Bonchev–Trinajstić information content (AvgIpc) is 3.78. The number of carbonyl (C=O) groups excluding carboxylic acids is 1. The number of nitrogens with one attached hydrogen (secondary N) is 1. The number of hydrogen-bond acceptors (Lipinski definition) is 8. The van der Waals surface area contributed by atoms with Crippen LogP contribution >= 0.6 is 0 Å². The van der Waals surface area contributed by atoms with Gasteiger partial charge in [-0.1, -0.05) is 31.4 Å². The maximum Gasteiger partial charge on any atom is 0.318 e. The Labute approximate surface area is 322 Å². The zero-order valence-corrected chi connectivity index (χ0v) is 31.9. The van der Waals surface area contributed by atoms with Gasteiger partial charge in [-0.05, 0) is 111 Å². The summed E-state index contributed by atoms with van der Waals surface area (Å²) >= 11 is 0. The maximum absolute atomic E-state index is 15.2. The molecule has 1 aromatic heterocycles. The SMILES string of the molecule is C#Cc1c(F)ccc2cc(O)cc(C3=Cc4nc(OC[C@]5(C)C[C@@H](F)CN5C5CC6(CCOCC6)C5)nc(NCC5(N(C)C(=O)C=C)CCCC5)c4CC3)c12. The van der Waals surface area contributed by atoms with Crippen molar-refractivity contribution in [1.82, 2.24) is 19.8 Å².